The van der Waals surface area contributed by atoms with E-state index in [4.69, 9.17) is 9.47 Å². The monoisotopic (exact) mass is 407 g/mol. The zero-order valence-electron chi connectivity index (χ0n) is 16.4. The van der Waals surface area contributed by atoms with E-state index in [-0.39, 0.29) is 36.7 Å². The highest BCUT2D eigenvalue weighted by Gasteiger charge is 2.41. The van der Waals surface area contributed by atoms with Gasteiger partial charge >= 0.3 is 0 Å². The van der Waals surface area contributed by atoms with E-state index in [2.05, 4.69) is 5.32 Å². The van der Waals surface area contributed by atoms with Crippen molar-refractivity contribution in [3.63, 3.8) is 0 Å². The summed E-state index contributed by atoms with van der Waals surface area (Å²) < 4.78 is 52.6. The predicted molar refractivity (Wildman–Crippen MR) is 102 cm³/mol. The third kappa shape index (κ3) is 5.16. The molecule has 1 aliphatic heterocycles. The highest BCUT2D eigenvalue weighted by molar-refractivity contribution is 5.76. The molecule has 1 saturated heterocycles. The van der Waals surface area contributed by atoms with Crippen LogP contribution in [0.15, 0.2) is 42.5 Å². The number of halogens is 3. The van der Waals surface area contributed by atoms with Gasteiger partial charge in [0, 0.05) is 37.5 Å². The summed E-state index contributed by atoms with van der Waals surface area (Å²) in [7, 11) is 1.51. The molecule has 0 unspecified atom stereocenters. The number of benzene rings is 2. The molecule has 1 N–H and O–H groups in total. The SMILES string of the molecule is COCCC(=O)N[C@@]1(C)C[C@@H](c2ccc(F)cc2)O[C@@H](c2cccc(F)c2F)C1. The minimum atomic E-state index is -0.967. The van der Waals surface area contributed by atoms with Gasteiger partial charge in [-0.15, -0.1) is 0 Å². The number of carbonyl (C=O) groups excluding carboxylic acids is 1. The Hall–Kier alpha value is -2.38. The molecule has 29 heavy (non-hydrogen) atoms. The lowest BCUT2D eigenvalue weighted by atomic mass is 9.81. The molecule has 1 aliphatic rings. The van der Waals surface area contributed by atoms with Gasteiger partial charge in [0.25, 0.3) is 0 Å². The summed E-state index contributed by atoms with van der Waals surface area (Å²) in [6.45, 7) is 2.13. The molecule has 1 amide bonds. The minimum Gasteiger partial charge on any atom is -0.384 e. The normalized spacial score (nSPS) is 24.3. The molecule has 0 saturated carbocycles. The summed E-state index contributed by atoms with van der Waals surface area (Å²) in [4.78, 5) is 12.3. The molecule has 3 atom stereocenters. The van der Waals surface area contributed by atoms with Crippen molar-refractivity contribution in [2.75, 3.05) is 13.7 Å². The van der Waals surface area contributed by atoms with Gasteiger partial charge in [0.15, 0.2) is 11.6 Å². The highest BCUT2D eigenvalue weighted by Crippen LogP contribution is 2.44. The first-order valence-electron chi connectivity index (χ1n) is 9.46. The molecule has 1 fully saturated rings. The van der Waals surface area contributed by atoms with Gasteiger partial charge in [-0.3, -0.25) is 4.79 Å². The van der Waals surface area contributed by atoms with E-state index < -0.39 is 29.4 Å². The van der Waals surface area contributed by atoms with Crippen LogP contribution >= 0.6 is 0 Å². The number of carbonyl (C=O) groups is 1. The molecule has 3 rings (SSSR count). The van der Waals surface area contributed by atoms with Crippen molar-refractivity contribution in [3.8, 4) is 0 Å². The molecule has 1 heterocycles. The average Bonchev–Trinajstić information content (AvgIpc) is 2.68. The largest absolute Gasteiger partial charge is 0.384 e. The fourth-order valence-corrected chi connectivity index (χ4v) is 3.72. The molecule has 156 valence electrons. The quantitative estimate of drug-likeness (QED) is 0.761. The highest BCUT2D eigenvalue weighted by atomic mass is 19.2. The van der Waals surface area contributed by atoms with Crippen molar-refractivity contribution in [2.45, 2.75) is 43.9 Å². The summed E-state index contributed by atoms with van der Waals surface area (Å²) in [5.41, 5.74) is 0.0606. The van der Waals surface area contributed by atoms with Gasteiger partial charge in [-0.25, -0.2) is 13.2 Å². The molecule has 0 aromatic heterocycles. The smallest absolute Gasteiger partial charge is 0.222 e. The zero-order chi connectivity index (χ0) is 21.0. The number of nitrogens with one attached hydrogen (secondary N) is 1. The van der Waals surface area contributed by atoms with Crippen molar-refractivity contribution in [1.82, 2.24) is 5.32 Å². The van der Waals surface area contributed by atoms with Crippen molar-refractivity contribution >= 4 is 5.91 Å². The Morgan fingerprint density at radius 3 is 2.52 bits per heavy atom. The number of rotatable bonds is 6. The minimum absolute atomic E-state index is 0.0918. The maximum absolute atomic E-state index is 14.4. The molecule has 2 aromatic rings. The third-order valence-electron chi connectivity index (χ3n) is 5.14. The Morgan fingerprint density at radius 2 is 1.83 bits per heavy atom. The molecule has 0 aliphatic carbocycles. The lowest BCUT2D eigenvalue weighted by molar-refractivity contribution is -0.129. The van der Waals surface area contributed by atoms with Gasteiger partial charge in [0.2, 0.25) is 5.91 Å². The number of hydrogen-bond donors (Lipinski definition) is 1. The van der Waals surface area contributed by atoms with Gasteiger partial charge in [-0.1, -0.05) is 24.3 Å². The Labute approximate surface area is 168 Å². The molecule has 0 spiro atoms. The second kappa shape index (κ2) is 8.97. The van der Waals surface area contributed by atoms with E-state index >= 15 is 0 Å². The van der Waals surface area contributed by atoms with E-state index in [1.165, 1.54) is 31.4 Å². The fraction of sp³-hybridized carbons (Fsp3) is 0.409. The summed E-state index contributed by atoms with van der Waals surface area (Å²) in [5, 5.41) is 2.99. The van der Waals surface area contributed by atoms with Crippen molar-refractivity contribution < 1.29 is 27.4 Å². The van der Waals surface area contributed by atoms with E-state index in [9.17, 15) is 18.0 Å². The van der Waals surface area contributed by atoms with Crippen LogP contribution in [-0.4, -0.2) is 25.2 Å². The summed E-state index contributed by atoms with van der Waals surface area (Å²) in [5.74, 6) is -2.51. The summed E-state index contributed by atoms with van der Waals surface area (Å²) in [6.07, 6.45) is -0.436. The standard InChI is InChI=1S/C22H24F3NO3/c1-22(26-20(27)10-11-28-2)12-18(14-6-8-15(23)9-7-14)29-19(13-22)16-4-3-5-17(24)21(16)25/h3-9,18-19H,10-13H2,1-2H3,(H,26,27)/t18-,19+,22-/m0/s1. The van der Waals surface area contributed by atoms with Crippen LogP contribution < -0.4 is 5.32 Å². The predicted octanol–water partition coefficient (Wildman–Crippen LogP) is 4.61. The molecular formula is C22H24F3NO3. The van der Waals surface area contributed by atoms with Crippen molar-refractivity contribution in [2.24, 2.45) is 0 Å². The topological polar surface area (TPSA) is 47.6 Å². The summed E-state index contributed by atoms with van der Waals surface area (Å²) in [6, 6.07) is 9.77. The van der Waals surface area contributed by atoms with E-state index in [1.54, 1.807) is 12.1 Å². The fourth-order valence-electron chi connectivity index (χ4n) is 3.72. The van der Waals surface area contributed by atoms with Crippen molar-refractivity contribution in [3.05, 3.63) is 71.0 Å². The first-order valence-corrected chi connectivity index (χ1v) is 9.46. The molecule has 2 aromatic carbocycles. The Kier molecular flexibility index (Phi) is 6.59. The third-order valence-corrected chi connectivity index (χ3v) is 5.14. The molecule has 0 radical (unpaired) electrons. The Balaban J connectivity index is 1.91. The van der Waals surface area contributed by atoms with E-state index in [0.29, 0.717) is 12.0 Å². The van der Waals surface area contributed by atoms with Crippen LogP contribution in [0.1, 0.15) is 49.5 Å². The van der Waals surface area contributed by atoms with Crippen LogP contribution in [0, 0.1) is 17.5 Å². The molecular weight excluding hydrogens is 383 g/mol. The summed E-state index contributed by atoms with van der Waals surface area (Å²) >= 11 is 0. The van der Waals surface area contributed by atoms with Crippen LogP contribution in [0.4, 0.5) is 13.2 Å². The first kappa shape index (κ1) is 21.3. The number of ether oxygens (including phenoxy) is 2. The van der Waals surface area contributed by atoms with Gasteiger partial charge in [-0.05, 0) is 30.7 Å². The Morgan fingerprint density at radius 1 is 1.14 bits per heavy atom. The molecule has 4 nitrogen and oxygen atoms in total. The van der Waals surface area contributed by atoms with Gasteiger partial charge in [-0.2, -0.15) is 0 Å². The maximum atomic E-state index is 14.4. The number of methoxy groups -OCH3 is 1. The average molecular weight is 407 g/mol. The van der Waals surface area contributed by atoms with Crippen LogP contribution in [0.2, 0.25) is 0 Å². The second-order valence-electron chi connectivity index (χ2n) is 7.57. The Bertz CT molecular complexity index is 859. The van der Waals surface area contributed by atoms with Crippen LogP contribution in [0.5, 0.6) is 0 Å². The van der Waals surface area contributed by atoms with Gasteiger partial charge < -0.3 is 14.8 Å². The lowest BCUT2D eigenvalue weighted by Crippen LogP contribution is -2.51. The maximum Gasteiger partial charge on any atom is 0.222 e. The van der Waals surface area contributed by atoms with E-state index in [0.717, 1.165) is 6.07 Å². The number of hydrogen-bond acceptors (Lipinski definition) is 3. The molecule has 7 heteroatoms. The van der Waals surface area contributed by atoms with Crippen LogP contribution in [-0.2, 0) is 14.3 Å². The first-order chi connectivity index (χ1) is 13.8. The van der Waals surface area contributed by atoms with Crippen LogP contribution in [0.3, 0.4) is 0 Å². The number of amides is 1. The van der Waals surface area contributed by atoms with Gasteiger partial charge in [0.05, 0.1) is 18.8 Å². The second-order valence-corrected chi connectivity index (χ2v) is 7.57. The lowest BCUT2D eigenvalue weighted by Gasteiger charge is -2.43. The van der Waals surface area contributed by atoms with Crippen LogP contribution in [0.25, 0.3) is 0 Å². The van der Waals surface area contributed by atoms with E-state index in [1.807, 2.05) is 6.92 Å². The zero-order valence-corrected chi connectivity index (χ0v) is 16.4. The van der Waals surface area contributed by atoms with Gasteiger partial charge in [0.1, 0.15) is 5.82 Å². The molecule has 0 bridgehead atoms. The van der Waals surface area contributed by atoms with Crippen molar-refractivity contribution in [1.29, 1.82) is 0 Å².